The van der Waals surface area contributed by atoms with Crippen molar-refractivity contribution in [3.63, 3.8) is 0 Å². The molecule has 0 bridgehead atoms. The third-order valence-corrected chi connectivity index (χ3v) is 2.57. The van der Waals surface area contributed by atoms with Gasteiger partial charge in [0.25, 0.3) is 0 Å². The van der Waals surface area contributed by atoms with Crippen LogP contribution in [0.4, 0.5) is 10.5 Å². The number of rotatable bonds is 1. The van der Waals surface area contributed by atoms with E-state index in [9.17, 15) is 15.0 Å². The number of carbonyl (C=O) groups excluding carboxylic acids is 1. The number of nitrogens with zero attached hydrogens (tertiary/aromatic N) is 1. The third kappa shape index (κ3) is 2.32. The topological polar surface area (TPSA) is 72.8 Å². The van der Waals surface area contributed by atoms with Crippen LogP contribution in [0.15, 0.2) is 30.3 Å². The molecule has 5 nitrogen and oxygen atoms in total. The van der Waals surface area contributed by atoms with Crippen LogP contribution < -0.4 is 5.32 Å². The summed E-state index contributed by atoms with van der Waals surface area (Å²) in [6.45, 7) is 0.333. The van der Waals surface area contributed by atoms with Crippen molar-refractivity contribution in [1.29, 1.82) is 0 Å². The van der Waals surface area contributed by atoms with Gasteiger partial charge in [0, 0.05) is 5.69 Å². The first-order chi connectivity index (χ1) is 7.66. The first-order valence-electron chi connectivity index (χ1n) is 5.14. The van der Waals surface area contributed by atoms with Crippen molar-refractivity contribution in [2.24, 2.45) is 0 Å². The summed E-state index contributed by atoms with van der Waals surface area (Å²) < 4.78 is 0. The SMILES string of the molecule is O=C(Nc1ccccc1)N1CC(O)C(O)C1. The second kappa shape index (κ2) is 4.51. The van der Waals surface area contributed by atoms with Crippen LogP contribution in [0.5, 0.6) is 0 Å². The normalized spacial score (nSPS) is 24.5. The molecule has 2 amide bonds. The second-order valence-corrected chi connectivity index (χ2v) is 3.84. The number of anilines is 1. The zero-order valence-corrected chi connectivity index (χ0v) is 8.71. The standard InChI is InChI=1S/C11H14N2O3/c14-9-6-13(7-10(9)15)11(16)12-8-4-2-1-3-5-8/h1-5,9-10,14-15H,6-7H2,(H,12,16). The molecular weight excluding hydrogens is 208 g/mol. The molecule has 1 heterocycles. The lowest BCUT2D eigenvalue weighted by molar-refractivity contribution is 0.0572. The van der Waals surface area contributed by atoms with E-state index in [-0.39, 0.29) is 19.1 Å². The summed E-state index contributed by atoms with van der Waals surface area (Å²) in [5.41, 5.74) is 0.698. The Morgan fingerprint density at radius 2 is 1.75 bits per heavy atom. The highest BCUT2D eigenvalue weighted by molar-refractivity contribution is 5.89. The van der Waals surface area contributed by atoms with Crippen molar-refractivity contribution in [1.82, 2.24) is 4.90 Å². The van der Waals surface area contributed by atoms with E-state index in [4.69, 9.17) is 0 Å². The predicted octanol–water partition coefficient (Wildman–Crippen LogP) is 0.256. The predicted molar refractivity (Wildman–Crippen MR) is 59.0 cm³/mol. The number of aliphatic hydroxyl groups is 2. The fourth-order valence-electron chi connectivity index (χ4n) is 1.66. The maximum Gasteiger partial charge on any atom is 0.322 e. The van der Waals surface area contributed by atoms with Gasteiger partial charge < -0.3 is 20.4 Å². The highest BCUT2D eigenvalue weighted by Gasteiger charge is 2.32. The van der Waals surface area contributed by atoms with Crippen molar-refractivity contribution in [2.45, 2.75) is 12.2 Å². The molecule has 0 spiro atoms. The van der Waals surface area contributed by atoms with Gasteiger partial charge in [-0.05, 0) is 12.1 Å². The Bertz CT molecular complexity index is 359. The molecule has 0 saturated carbocycles. The van der Waals surface area contributed by atoms with Crippen LogP contribution in [-0.4, -0.2) is 46.4 Å². The lowest BCUT2D eigenvalue weighted by atomic mass is 10.3. The van der Waals surface area contributed by atoms with Gasteiger partial charge >= 0.3 is 6.03 Å². The Labute approximate surface area is 93.3 Å². The smallest absolute Gasteiger partial charge is 0.322 e. The Morgan fingerprint density at radius 3 is 2.31 bits per heavy atom. The minimum atomic E-state index is -0.846. The molecule has 16 heavy (non-hydrogen) atoms. The van der Waals surface area contributed by atoms with Gasteiger partial charge in [-0.25, -0.2) is 4.79 Å². The quantitative estimate of drug-likeness (QED) is 0.638. The number of β-amino-alcohol motifs (C(OH)–C–C–N with tert-alkyl or cyclic N) is 2. The molecule has 1 aromatic rings. The third-order valence-electron chi connectivity index (χ3n) is 2.57. The van der Waals surface area contributed by atoms with E-state index in [0.29, 0.717) is 5.69 Å². The molecule has 86 valence electrons. The number of aliphatic hydroxyl groups excluding tert-OH is 2. The average molecular weight is 222 g/mol. The van der Waals surface area contributed by atoms with Gasteiger partial charge in [0.2, 0.25) is 0 Å². The van der Waals surface area contributed by atoms with Gasteiger partial charge in [-0.3, -0.25) is 0 Å². The van der Waals surface area contributed by atoms with E-state index >= 15 is 0 Å². The molecule has 5 heteroatoms. The molecule has 3 N–H and O–H groups in total. The summed E-state index contributed by atoms with van der Waals surface area (Å²) in [6, 6.07) is 8.76. The number of amides is 2. The second-order valence-electron chi connectivity index (χ2n) is 3.84. The zero-order chi connectivity index (χ0) is 11.5. The van der Waals surface area contributed by atoms with Crippen molar-refractivity contribution in [3.05, 3.63) is 30.3 Å². The molecule has 1 aliphatic rings. The van der Waals surface area contributed by atoms with Crippen molar-refractivity contribution in [2.75, 3.05) is 18.4 Å². The Hall–Kier alpha value is -1.59. The Morgan fingerprint density at radius 1 is 1.19 bits per heavy atom. The number of hydrogen-bond donors (Lipinski definition) is 3. The highest BCUT2D eigenvalue weighted by atomic mass is 16.3. The summed E-state index contributed by atoms with van der Waals surface area (Å²) in [6.07, 6.45) is -1.69. The van der Waals surface area contributed by atoms with E-state index in [1.807, 2.05) is 18.2 Å². The molecule has 1 aliphatic heterocycles. The molecule has 0 aromatic heterocycles. The van der Waals surface area contributed by atoms with E-state index in [1.54, 1.807) is 12.1 Å². The zero-order valence-electron chi connectivity index (χ0n) is 8.71. The molecule has 0 radical (unpaired) electrons. The fourth-order valence-corrected chi connectivity index (χ4v) is 1.66. The fraction of sp³-hybridized carbons (Fsp3) is 0.364. The summed E-state index contributed by atoms with van der Waals surface area (Å²) in [5.74, 6) is 0. The van der Waals surface area contributed by atoms with Crippen molar-refractivity contribution >= 4 is 11.7 Å². The Balaban J connectivity index is 1.95. The van der Waals surface area contributed by atoms with Crippen LogP contribution in [0.3, 0.4) is 0 Å². The summed E-state index contributed by atoms with van der Waals surface area (Å²) in [7, 11) is 0. The van der Waals surface area contributed by atoms with E-state index in [1.165, 1.54) is 4.90 Å². The van der Waals surface area contributed by atoms with Gasteiger partial charge in [-0.1, -0.05) is 18.2 Å². The summed E-state index contributed by atoms with van der Waals surface area (Å²) >= 11 is 0. The van der Waals surface area contributed by atoms with Gasteiger partial charge in [0.15, 0.2) is 0 Å². The monoisotopic (exact) mass is 222 g/mol. The van der Waals surface area contributed by atoms with E-state index in [0.717, 1.165) is 0 Å². The van der Waals surface area contributed by atoms with Crippen LogP contribution in [-0.2, 0) is 0 Å². The van der Waals surface area contributed by atoms with Gasteiger partial charge in [-0.2, -0.15) is 0 Å². The minimum Gasteiger partial charge on any atom is -0.388 e. The summed E-state index contributed by atoms with van der Waals surface area (Å²) in [4.78, 5) is 13.1. The molecule has 2 unspecified atom stereocenters. The minimum absolute atomic E-state index is 0.167. The number of carbonyl (C=O) groups is 1. The first kappa shape index (κ1) is 10.9. The number of nitrogens with one attached hydrogen (secondary N) is 1. The summed E-state index contributed by atoms with van der Waals surface area (Å²) in [5, 5.41) is 21.3. The van der Waals surface area contributed by atoms with Crippen LogP contribution in [0.25, 0.3) is 0 Å². The largest absolute Gasteiger partial charge is 0.388 e. The molecule has 2 rings (SSSR count). The van der Waals surface area contributed by atoms with Crippen molar-refractivity contribution in [3.8, 4) is 0 Å². The van der Waals surface area contributed by atoms with Crippen LogP contribution >= 0.6 is 0 Å². The van der Waals surface area contributed by atoms with Crippen LogP contribution in [0.1, 0.15) is 0 Å². The van der Waals surface area contributed by atoms with Gasteiger partial charge in [0.05, 0.1) is 25.3 Å². The molecule has 1 fully saturated rings. The number of para-hydroxylation sites is 1. The maximum atomic E-state index is 11.7. The number of hydrogen-bond acceptors (Lipinski definition) is 3. The Kier molecular flexibility index (Phi) is 3.07. The molecule has 2 atom stereocenters. The van der Waals surface area contributed by atoms with Crippen LogP contribution in [0.2, 0.25) is 0 Å². The molecule has 1 saturated heterocycles. The molecule has 0 aliphatic carbocycles. The molecule has 1 aromatic carbocycles. The maximum absolute atomic E-state index is 11.7. The van der Waals surface area contributed by atoms with Crippen LogP contribution in [0, 0.1) is 0 Å². The van der Waals surface area contributed by atoms with Crippen molar-refractivity contribution < 1.29 is 15.0 Å². The number of benzene rings is 1. The average Bonchev–Trinajstić information content (AvgIpc) is 2.61. The van der Waals surface area contributed by atoms with Gasteiger partial charge in [-0.15, -0.1) is 0 Å². The molecular formula is C11H14N2O3. The number of urea groups is 1. The highest BCUT2D eigenvalue weighted by Crippen LogP contribution is 2.12. The lowest BCUT2D eigenvalue weighted by Crippen LogP contribution is -2.33. The van der Waals surface area contributed by atoms with Gasteiger partial charge in [0.1, 0.15) is 0 Å². The number of likely N-dealkylation sites (tertiary alicyclic amines) is 1. The lowest BCUT2D eigenvalue weighted by Gasteiger charge is -2.16. The van der Waals surface area contributed by atoms with E-state index in [2.05, 4.69) is 5.32 Å². The van der Waals surface area contributed by atoms with E-state index < -0.39 is 12.2 Å². The first-order valence-corrected chi connectivity index (χ1v) is 5.14.